The van der Waals surface area contributed by atoms with Crippen molar-refractivity contribution in [2.45, 2.75) is 24.4 Å². The SMILES string of the molecule is NC(CCSC(F)(F)F)Cc1cccc(Cl)c1. The molecule has 17 heavy (non-hydrogen) atoms. The van der Waals surface area contributed by atoms with Gasteiger partial charge in [-0.25, -0.2) is 0 Å². The number of thioether (sulfide) groups is 1. The topological polar surface area (TPSA) is 26.0 Å². The zero-order chi connectivity index (χ0) is 12.9. The monoisotopic (exact) mass is 283 g/mol. The fourth-order valence-electron chi connectivity index (χ4n) is 1.39. The Morgan fingerprint density at radius 3 is 2.65 bits per heavy atom. The van der Waals surface area contributed by atoms with Gasteiger partial charge in [0.2, 0.25) is 0 Å². The Bertz CT molecular complexity index is 357. The first-order valence-electron chi connectivity index (χ1n) is 5.07. The zero-order valence-electron chi connectivity index (χ0n) is 9.01. The van der Waals surface area contributed by atoms with Crippen molar-refractivity contribution in [1.29, 1.82) is 0 Å². The molecule has 1 aromatic carbocycles. The molecule has 0 saturated carbocycles. The van der Waals surface area contributed by atoms with E-state index in [2.05, 4.69) is 0 Å². The fourth-order valence-corrected chi connectivity index (χ4v) is 2.26. The number of benzene rings is 1. The highest BCUT2D eigenvalue weighted by molar-refractivity contribution is 8.00. The smallest absolute Gasteiger partial charge is 0.327 e. The largest absolute Gasteiger partial charge is 0.441 e. The molecule has 2 N–H and O–H groups in total. The molecule has 0 fully saturated rings. The molecule has 0 heterocycles. The summed E-state index contributed by atoms with van der Waals surface area (Å²) < 4.78 is 35.7. The normalized spacial score (nSPS) is 13.7. The maximum Gasteiger partial charge on any atom is 0.441 e. The van der Waals surface area contributed by atoms with Crippen LogP contribution < -0.4 is 5.73 Å². The van der Waals surface area contributed by atoms with Gasteiger partial charge in [-0.1, -0.05) is 35.5 Å². The van der Waals surface area contributed by atoms with Crippen LogP contribution in [0.15, 0.2) is 24.3 Å². The third kappa shape index (κ3) is 6.81. The van der Waals surface area contributed by atoms with Gasteiger partial charge in [-0.15, -0.1) is 0 Å². The average Bonchev–Trinajstić information content (AvgIpc) is 2.15. The van der Waals surface area contributed by atoms with Crippen LogP contribution in [0.3, 0.4) is 0 Å². The summed E-state index contributed by atoms with van der Waals surface area (Å²) in [6.45, 7) is 0. The molecule has 0 aliphatic heterocycles. The molecule has 0 aromatic heterocycles. The Morgan fingerprint density at radius 2 is 2.06 bits per heavy atom. The van der Waals surface area contributed by atoms with E-state index in [9.17, 15) is 13.2 Å². The van der Waals surface area contributed by atoms with E-state index < -0.39 is 5.51 Å². The summed E-state index contributed by atoms with van der Waals surface area (Å²) in [5, 5.41) is 0.611. The van der Waals surface area contributed by atoms with Crippen molar-refractivity contribution in [2.24, 2.45) is 5.73 Å². The Kier molecular flexibility index (Phi) is 5.62. The number of rotatable bonds is 5. The van der Waals surface area contributed by atoms with Crippen molar-refractivity contribution in [3.63, 3.8) is 0 Å². The van der Waals surface area contributed by atoms with E-state index in [4.69, 9.17) is 17.3 Å². The highest BCUT2D eigenvalue weighted by Gasteiger charge is 2.27. The number of nitrogens with two attached hydrogens (primary N) is 1. The summed E-state index contributed by atoms with van der Waals surface area (Å²) in [5.41, 5.74) is 2.54. The summed E-state index contributed by atoms with van der Waals surface area (Å²) in [7, 11) is 0. The van der Waals surface area contributed by atoms with Crippen molar-refractivity contribution in [3.05, 3.63) is 34.9 Å². The first kappa shape index (κ1) is 14.7. The molecular formula is C11H13ClF3NS. The highest BCUT2D eigenvalue weighted by atomic mass is 35.5. The van der Waals surface area contributed by atoms with E-state index in [1.54, 1.807) is 18.2 Å². The van der Waals surface area contributed by atoms with Gasteiger partial charge in [0.15, 0.2) is 0 Å². The van der Waals surface area contributed by atoms with E-state index >= 15 is 0 Å². The zero-order valence-corrected chi connectivity index (χ0v) is 10.6. The predicted octanol–water partition coefficient (Wildman–Crippen LogP) is 3.85. The van der Waals surface area contributed by atoms with E-state index in [-0.39, 0.29) is 23.6 Å². The van der Waals surface area contributed by atoms with E-state index in [1.165, 1.54) is 0 Å². The third-order valence-electron chi connectivity index (χ3n) is 2.14. The van der Waals surface area contributed by atoms with Gasteiger partial charge in [-0.3, -0.25) is 0 Å². The van der Waals surface area contributed by atoms with Gasteiger partial charge in [0.25, 0.3) is 0 Å². The lowest BCUT2D eigenvalue weighted by molar-refractivity contribution is -0.0328. The molecule has 0 saturated heterocycles. The number of hydrogen-bond donors (Lipinski definition) is 1. The molecule has 0 bridgehead atoms. The van der Waals surface area contributed by atoms with E-state index in [0.29, 0.717) is 17.9 Å². The second-order valence-electron chi connectivity index (χ2n) is 3.68. The fraction of sp³-hybridized carbons (Fsp3) is 0.455. The van der Waals surface area contributed by atoms with Gasteiger partial charge >= 0.3 is 5.51 Å². The maximum absolute atomic E-state index is 11.9. The first-order valence-corrected chi connectivity index (χ1v) is 6.44. The molecule has 0 amide bonds. The molecule has 0 aliphatic rings. The summed E-state index contributed by atoms with van der Waals surface area (Å²) in [6.07, 6.45) is 0.871. The molecule has 0 aliphatic carbocycles. The predicted molar refractivity (Wildman–Crippen MR) is 66.3 cm³/mol. The number of alkyl halides is 3. The summed E-state index contributed by atoms with van der Waals surface area (Å²) in [4.78, 5) is 0. The van der Waals surface area contributed by atoms with Gasteiger partial charge in [0.1, 0.15) is 0 Å². The van der Waals surface area contributed by atoms with Crippen molar-refractivity contribution in [1.82, 2.24) is 0 Å². The van der Waals surface area contributed by atoms with E-state index in [0.717, 1.165) is 5.56 Å². The van der Waals surface area contributed by atoms with Gasteiger partial charge < -0.3 is 5.73 Å². The molecule has 0 spiro atoms. The quantitative estimate of drug-likeness (QED) is 0.888. The van der Waals surface area contributed by atoms with Gasteiger partial charge in [-0.2, -0.15) is 13.2 Å². The van der Waals surface area contributed by atoms with Crippen LogP contribution in [0.2, 0.25) is 5.02 Å². The van der Waals surface area contributed by atoms with E-state index in [1.807, 2.05) is 6.07 Å². The van der Waals surface area contributed by atoms with Gasteiger partial charge in [-0.05, 0) is 30.5 Å². The number of halogens is 4. The number of hydrogen-bond acceptors (Lipinski definition) is 2. The lowest BCUT2D eigenvalue weighted by Crippen LogP contribution is -2.24. The van der Waals surface area contributed by atoms with Crippen LogP contribution in [-0.4, -0.2) is 17.3 Å². The van der Waals surface area contributed by atoms with Gasteiger partial charge in [0, 0.05) is 16.8 Å². The molecule has 1 unspecified atom stereocenters. The van der Waals surface area contributed by atoms with Crippen LogP contribution in [0.5, 0.6) is 0 Å². The second-order valence-corrected chi connectivity index (χ2v) is 5.27. The summed E-state index contributed by atoms with van der Waals surface area (Å²) in [6, 6.07) is 6.91. The molecule has 1 aromatic rings. The molecule has 1 rings (SSSR count). The molecule has 96 valence electrons. The minimum Gasteiger partial charge on any atom is -0.327 e. The molecule has 1 atom stereocenters. The lowest BCUT2D eigenvalue weighted by atomic mass is 10.1. The van der Waals surface area contributed by atoms with Crippen LogP contribution in [0.4, 0.5) is 13.2 Å². The maximum atomic E-state index is 11.9. The average molecular weight is 284 g/mol. The molecule has 1 nitrogen and oxygen atoms in total. The Balaban J connectivity index is 2.32. The van der Waals surface area contributed by atoms with Crippen molar-refractivity contribution in [2.75, 3.05) is 5.75 Å². The Labute approximate surface area is 108 Å². The Morgan fingerprint density at radius 1 is 1.35 bits per heavy atom. The molecular weight excluding hydrogens is 271 g/mol. The highest BCUT2D eigenvalue weighted by Crippen LogP contribution is 2.30. The van der Waals surface area contributed by atoms with Crippen LogP contribution in [0.25, 0.3) is 0 Å². The van der Waals surface area contributed by atoms with Crippen LogP contribution in [0, 0.1) is 0 Å². The standard InChI is InChI=1S/C11H13ClF3NS/c12-9-3-1-2-8(6-9)7-10(16)4-5-17-11(13,14)15/h1-3,6,10H,4-5,7,16H2. The minimum atomic E-state index is -4.17. The van der Waals surface area contributed by atoms with Gasteiger partial charge in [0.05, 0.1) is 0 Å². The first-order chi connectivity index (χ1) is 7.87. The second kappa shape index (κ2) is 6.52. The van der Waals surface area contributed by atoms with Crippen LogP contribution in [0.1, 0.15) is 12.0 Å². The summed E-state index contributed by atoms with van der Waals surface area (Å²) >= 11 is 5.77. The van der Waals surface area contributed by atoms with Crippen molar-refractivity contribution < 1.29 is 13.2 Å². The summed E-state index contributed by atoms with van der Waals surface area (Å²) in [5.74, 6) is -0.00870. The van der Waals surface area contributed by atoms with Crippen molar-refractivity contribution in [3.8, 4) is 0 Å². The Hall–Kier alpha value is -0.390. The minimum absolute atomic E-state index is 0.00870. The molecule has 0 radical (unpaired) electrons. The lowest BCUT2D eigenvalue weighted by Gasteiger charge is -2.12. The molecule has 6 heteroatoms. The van der Waals surface area contributed by atoms with Crippen LogP contribution in [-0.2, 0) is 6.42 Å². The third-order valence-corrected chi connectivity index (χ3v) is 3.14. The van der Waals surface area contributed by atoms with Crippen molar-refractivity contribution >= 4 is 23.4 Å². The van der Waals surface area contributed by atoms with Crippen LogP contribution >= 0.6 is 23.4 Å².